The van der Waals surface area contributed by atoms with E-state index in [0.717, 1.165) is 27.8 Å². The summed E-state index contributed by atoms with van der Waals surface area (Å²) >= 11 is 0. The Morgan fingerprint density at radius 1 is 0.796 bits per heavy atom. The molecule has 10 nitrogen and oxygen atoms in total. The first-order valence-electron chi connectivity index (χ1n) is 15.9. The average molecular weight is 658 g/mol. The predicted octanol–water partition coefficient (Wildman–Crippen LogP) is 6.16. The number of nitrogens with two attached hydrogens (primary N) is 1. The number of pyridine rings is 1. The molecule has 3 amide bonds. The second-order valence-electron chi connectivity index (χ2n) is 12.8. The molecule has 5 rings (SSSR count). The molecule has 0 saturated heterocycles. The molecule has 0 aliphatic heterocycles. The van der Waals surface area contributed by atoms with Crippen LogP contribution in [0.25, 0.3) is 22.3 Å². The van der Waals surface area contributed by atoms with Crippen molar-refractivity contribution in [1.82, 2.24) is 14.9 Å². The standard InChI is InChI=1S/C39H39N5O5/c1-39(2,3)35(37(47)42-32-17-20-41-21-18-32)43-34(45)23-33(38(48)49-25-26-7-5-4-6-8-26)44-22-19-31(24-44)29-11-9-27(10-12-29)28-13-15-30(16-14-28)36(40)46/h4-22,24,33,35H,23,25H2,1-3H3,(H2,40,46)(H,43,45)(H,41,42,47)/t33-,35?/m1/s1. The molecule has 250 valence electrons. The summed E-state index contributed by atoms with van der Waals surface area (Å²) in [6, 6.07) is 27.5. The highest BCUT2D eigenvalue weighted by molar-refractivity contribution is 5.98. The smallest absolute Gasteiger partial charge is 0.329 e. The van der Waals surface area contributed by atoms with E-state index in [2.05, 4.69) is 15.6 Å². The Balaban J connectivity index is 1.35. The molecular weight excluding hydrogens is 618 g/mol. The number of nitrogens with one attached hydrogen (secondary N) is 2. The summed E-state index contributed by atoms with van der Waals surface area (Å²) in [7, 11) is 0. The highest BCUT2D eigenvalue weighted by Gasteiger charge is 2.34. The number of benzene rings is 3. The quantitative estimate of drug-likeness (QED) is 0.137. The number of amides is 3. The van der Waals surface area contributed by atoms with Gasteiger partial charge in [-0.25, -0.2) is 4.79 Å². The van der Waals surface area contributed by atoms with Crippen LogP contribution in [0.5, 0.6) is 0 Å². The first-order valence-corrected chi connectivity index (χ1v) is 15.9. The molecule has 0 saturated carbocycles. The van der Waals surface area contributed by atoms with E-state index in [-0.39, 0.29) is 18.9 Å². The topological polar surface area (TPSA) is 145 Å². The van der Waals surface area contributed by atoms with Crippen LogP contribution in [0, 0.1) is 5.41 Å². The zero-order valence-corrected chi connectivity index (χ0v) is 27.6. The third-order valence-electron chi connectivity index (χ3n) is 8.05. The van der Waals surface area contributed by atoms with Crippen molar-refractivity contribution < 1.29 is 23.9 Å². The average Bonchev–Trinajstić information content (AvgIpc) is 3.59. The van der Waals surface area contributed by atoms with Gasteiger partial charge in [-0.2, -0.15) is 0 Å². The monoisotopic (exact) mass is 657 g/mol. The number of nitrogens with zero attached hydrogens (tertiary/aromatic N) is 2. The molecule has 0 fully saturated rings. The van der Waals surface area contributed by atoms with Gasteiger partial charge in [-0.15, -0.1) is 0 Å². The van der Waals surface area contributed by atoms with Gasteiger partial charge in [-0.05, 0) is 63.6 Å². The minimum absolute atomic E-state index is 0.0484. The van der Waals surface area contributed by atoms with E-state index in [4.69, 9.17) is 10.5 Å². The van der Waals surface area contributed by atoms with Crippen LogP contribution in [-0.4, -0.2) is 39.3 Å². The normalized spacial score (nSPS) is 12.4. The van der Waals surface area contributed by atoms with Crippen LogP contribution in [0.2, 0.25) is 0 Å². The van der Waals surface area contributed by atoms with Crippen molar-refractivity contribution >= 4 is 29.4 Å². The van der Waals surface area contributed by atoms with Gasteiger partial charge in [0, 0.05) is 36.0 Å². The summed E-state index contributed by atoms with van der Waals surface area (Å²) in [6.07, 6.45) is 6.42. The number of primary amides is 1. The summed E-state index contributed by atoms with van der Waals surface area (Å²) in [5.74, 6) is -1.92. The SMILES string of the molecule is CC(C)(C)C(NC(=O)C[C@H](C(=O)OCc1ccccc1)n1ccc(-c2ccc(-c3ccc(C(N)=O)cc3)cc2)c1)C(=O)Nc1ccncc1. The number of rotatable bonds is 12. The zero-order valence-electron chi connectivity index (χ0n) is 27.6. The van der Waals surface area contributed by atoms with E-state index in [1.807, 2.05) is 93.6 Å². The van der Waals surface area contributed by atoms with Gasteiger partial charge in [0.1, 0.15) is 18.7 Å². The first-order chi connectivity index (χ1) is 23.5. The Morgan fingerprint density at radius 2 is 1.39 bits per heavy atom. The van der Waals surface area contributed by atoms with Crippen molar-refractivity contribution in [3.63, 3.8) is 0 Å². The molecule has 0 aliphatic rings. The molecule has 0 radical (unpaired) electrons. The number of carbonyl (C=O) groups is 4. The maximum absolute atomic E-state index is 13.6. The summed E-state index contributed by atoms with van der Waals surface area (Å²) in [5.41, 5.74) is 10.2. The molecule has 0 aliphatic carbocycles. The molecule has 2 atom stereocenters. The van der Waals surface area contributed by atoms with E-state index < -0.39 is 35.3 Å². The maximum atomic E-state index is 13.6. The predicted molar refractivity (Wildman–Crippen MR) is 188 cm³/mol. The Labute approximate surface area is 285 Å². The zero-order chi connectivity index (χ0) is 35.0. The fraction of sp³-hybridized carbons (Fsp3) is 0.205. The molecule has 0 spiro atoms. The number of hydrogen-bond acceptors (Lipinski definition) is 6. The van der Waals surface area contributed by atoms with Crippen LogP contribution in [0.15, 0.2) is 122 Å². The molecule has 4 N–H and O–H groups in total. The second kappa shape index (κ2) is 15.2. The lowest BCUT2D eigenvalue weighted by molar-refractivity contribution is -0.150. The lowest BCUT2D eigenvalue weighted by atomic mass is 9.86. The summed E-state index contributed by atoms with van der Waals surface area (Å²) in [5, 5.41) is 5.70. The number of aromatic nitrogens is 2. The number of ether oxygens (including phenoxy) is 1. The Hall–Kier alpha value is -6.03. The molecule has 49 heavy (non-hydrogen) atoms. The van der Waals surface area contributed by atoms with Gasteiger partial charge in [0.25, 0.3) is 0 Å². The van der Waals surface area contributed by atoms with Gasteiger partial charge >= 0.3 is 5.97 Å². The lowest BCUT2D eigenvalue weighted by Gasteiger charge is -2.31. The fourth-order valence-corrected chi connectivity index (χ4v) is 5.32. The van der Waals surface area contributed by atoms with Gasteiger partial charge in [-0.3, -0.25) is 19.4 Å². The van der Waals surface area contributed by atoms with Crippen LogP contribution >= 0.6 is 0 Å². The number of anilines is 1. The van der Waals surface area contributed by atoms with E-state index in [9.17, 15) is 19.2 Å². The largest absolute Gasteiger partial charge is 0.459 e. The van der Waals surface area contributed by atoms with Crippen molar-refractivity contribution in [3.05, 3.63) is 133 Å². The third-order valence-corrected chi connectivity index (χ3v) is 8.05. The van der Waals surface area contributed by atoms with Gasteiger partial charge in [0.05, 0.1) is 6.42 Å². The summed E-state index contributed by atoms with van der Waals surface area (Å²) < 4.78 is 7.36. The van der Waals surface area contributed by atoms with Crippen molar-refractivity contribution in [1.29, 1.82) is 0 Å². The minimum Gasteiger partial charge on any atom is -0.459 e. The Kier molecular flexibility index (Phi) is 10.7. The highest BCUT2D eigenvalue weighted by Crippen LogP contribution is 2.28. The lowest BCUT2D eigenvalue weighted by Crippen LogP contribution is -2.52. The number of hydrogen-bond donors (Lipinski definition) is 3. The second-order valence-corrected chi connectivity index (χ2v) is 12.8. The molecule has 3 aromatic carbocycles. The summed E-state index contributed by atoms with van der Waals surface area (Å²) in [6.45, 7) is 5.62. The van der Waals surface area contributed by atoms with Crippen LogP contribution in [0.1, 0.15) is 49.2 Å². The van der Waals surface area contributed by atoms with Crippen molar-refractivity contribution in [3.8, 4) is 22.3 Å². The number of esters is 1. The molecular formula is C39H39N5O5. The summed E-state index contributed by atoms with van der Waals surface area (Å²) in [4.78, 5) is 55.9. The van der Waals surface area contributed by atoms with E-state index in [0.29, 0.717) is 11.3 Å². The molecule has 2 heterocycles. The van der Waals surface area contributed by atoms with Gasteiger partial charge in [-0.1, -0.05) is 87.5 Å². The molecule has 2 aromatic heterocycles. The van der Waals surface area contributed by atoms with Gasteiger partial charge in [0.2, 0.25) is 17.7 Å². The van der Waals surface area contributed by atoms with Crippen molar-refractivity contribution in [2.45, 2.75) is 45.9 Å². The highest BCUT2D eigenvalue weighted by atomic mass is 16.5. The van der Waals surface area contributed by atoms with Crippen LogP contribution in [0.3, 0.4) is 0 Å². The minimum atomic E-state index is -0.996. The Morgan fingerprint density at radius 3 is 1.98 bits per heavy atom. The first kappa shape index (κ1) is 34.3. The molecule has 5 aromatic rings. The maximum Gasteiger partial charge on any atom is 0.329 e. The molecule has 1 unspecified atom stereocenters. The van der Waals surface area contributed by atoms with E-state index >= 15 is 0 Å². The Bertz CT molecular complexity index is 1900. The van der Waals surface area contributed by atoms with E-state index in [1.165, 1.54) is 0 Å². The van der Waals surface area contributed by atoms with E-state index in [1.54, 1.807) is 53.6 Å². The van der Waals surface area contributed by atoms with Crippen molar-refractivity contribution in [2.24, 2.45) is 11.1 Å². The third kappa shape index (κ3) is 9.07. The van der Waals surface area contributed by atoms with Crippen LogP contribution < -0.4 is 16.4 Å². The van der Waals surface area contributed by atoms with Gasteiger partial charge in [0.15, 0.2) is 0 Å². The van der Waals surface area contributed by atoms with Gasteiger partial charge < -0.3 is 25.7 Å². The van der Waals surface area contributed by atoms with Crippen LogP contribution in [-0.2, 0) is 25.7 Å². The van der Waals surface area contributed by atoms with Crippen molar-refractivity contribution in [2.75, 3.05) is 5.32 Å². The fourth-order valence-electron chi connectivity index (χ4n) is 5.32. The molecule has 10 heteroatoms. The molecule has 0 bridgehead atoms. The number of carbonyl (C=O) groups excluding carboxylic acids is 4. The van der Waals surface area contributed by atoms with Crippen LogP contribution in [0.4, 0.5) is 5.69 Å².